The van der Waals surface area contributed by atoms with E-state index in [9.17, 15) is 9.59 Å². The van der Waals surface area contributed by atoms with Gasteiger partial charge in [0.05, 0.1) is 11.9 Å². The van der Waals surface area contributed by atoms with Crippen LogP contribution in [-0.2, 0) is 20.7 Å². The Labute approximate surface area is 192 Å². The van der Waals surface area contributed by atoms with Crippen LogP contribution in [0, 0.1) is 0 Å². The minimum atomic E-state index is -0.909. The zero-order chi connectivity index (χ0) is 23.0. The number of ether oxygens (including phenoxy) is 1. The van der Waals surface area contributed by atoms with Gasteiger partial charge in [-0.25, -0.2) is 4.68 Å². The number of carbonyl (C=O) groups excluding carboxylic acids is 2. The molecule has 0 radical (unpaired) electrons. The number of anilines is 1. The predicted molar refractivity (Wildman–Crippen MR) is 128 cm³/mol. The molecule has 1 unspecified atom stereocenters. The van der Waals surface area contributed by atoms with E-state index in [1.165, 1.54) is 0 Å². The molecular formula is C27H25N3O3. The molecule has 4 rings (SSSR count). The minimum absolute atomic E-state index is 0.165. The topological polar surface area (TPSA) is 73.2 Å². The molecule has 1 heterocycles. The summed E-state index contributed by atoms with van der Waals surface area (Å²) in [6.07, 6.45) is 3.36. The quantitative estimate of drug-likeness (QED) is 0.390. The maximum absolute atomic E-state index is 12.7. The predicted octanol–water partition coefficient (Wildman–Crippen LogP) is 5.04. The molecule has 0 bridgehead atoms. The highest BCUT2D eigenvalue weighted by atomic mass is 16.5. The fourth-order valence-corrected chi connectivity index (χ4v) is 3.46. The van der Waals surface area contributed by atoms with Gasteiger partial charge >= 0.3 is 5.97 Å². The van der Waals surface area contributed by atoms with E-state index in [0.29, 0.717) is 12.1 Å². The first-order valence-corrected chi connectivity index (χ1v) is 10.8. The molecule has 0 spiro atoms. The number of carbonyl (C=O) groups is 2. The van der Waals surface area contributed by atoms with E-state index in [0.717, 1.165) is 22.4 Å². The molecule has 3 aromatic carbocycles. The summed E-state index contributed by atoms with van der Waals surface area (Å²) in [7, 11) is 0. The van der Waals surface area contributed by atoms with Gasteiger partial charge < -0.3 is 10.1 Å². The van der Waals surface area contributed by atoms with Crippen LogP contribution in [0.15, 0.2) is 97.3 Å². The van der Waals surface area contributed by atoms with Crippen molar-refractivity contribution in [1.82, 2.24) is 9.78 Å². The Bertz CT molecular complexity index is 1220. The smallest absolute Gasteiger partial charge is 0.306 e. The lowest BCUT2D eigenvalue weighted by Crippen LogP contribution is -2.30. The maximum Gasteiger partial charge on any atom is 0.306 e. The number of para-hydroxylation sites is 2. The van der Waals surface area contributed by atoms with E-state index in [1.807, 2.05) is 91.1 Å². The molecule has 0 saturated carbocycles. The van der Waals surface area contributed by atoms with Crippen molar-refractivity contribution in [2.24, 2.45) is 0 Å². The van der Waals surface area contributed by atoms with Crippen LogP contribution in [-0.4, -0.2) is 27.8 Å². The first kappa shape index (κ1) is 22.0. The standard InChI is InChI=1S/C27H25N3O3/c1-20(27(32)29-25-15-9-8-14-24(25)22-10-4-2-5-11-22)33-26(31)17-16-21-18-28-30(19-21)23-12-6-3-7-13-23/h2-15,18-20H,16-17H2,1H3,(H,29,32). The second-order valence-corrected chi connectivity index (χ2v) is 7.66. The van der Waals surface area contributed by atoms with Crippen LogP contribution in [0.4, 0.5) is 5.69 Å². The molecule has 0 aliphatic heterocycles. The van der Waals surface area contributed by atoms with Crippen LogP contribution in [0.25, 0.3) is 16.8 Å². The zero-order valence-electron chi connectivity index (χ0n) is 18.3. The number of benzene rings is 3. The van der Waals surface area contributed by atoms with Gasteiger partial charge in [-0.1, -0.05) is 66.7 Å². The molecule has 1 amide bonds. The molecule has 6 heteroatoms. The molecule has 6 nitrogen and oxygen atoms in total. The second-order valence-electron chi connectivity index (χ2n) is 7.66. The van der Waals surface area contributed by atoms with E-state index in [1.54, 1.807) is 17.8 Å². The summed E-state index contributed by atoms with van der Waals surface area (Å²) in [5.41, 5.74) is 4.44. The van der Waals surface area contributed by atoms with E-state index < -0.39 is 12.1 Å². The monoisotopic (exact) mass is 439 g/mol. The lowest BCUT2D eigenvalue weighted by molar-refractivity contribution is -0.153. The Morgan fingerprint density at radius 2 is 1.61 bits per heavy atom. The van der Waals surface area contributed by atoms with Crippen molar-refractivity contribution in [3.8, 4) is 16.8 Å². The lowest BCUT2D eigenvalue weighted by Gasteiger charge is -2.16. The third-order valence-electron chi connectivity index (χ3n) is 5.22. The van der Waals surface area contributed by atoms with Gasteiger partial charge in [0.15, 0.2) is 6.10 Å². The van der Waals surface area contributed by atoms with Crippen molar-refractivity contribution in [2.45, 2.75) is 25.9 Å². The fourth-order valence-electron chi connectivity index (χ4n) is 3.46. The highest BCUT2D eigenvalue weighted by molar-refractivity contribution is 5.98. The van der Waals surface area contributed by atoms with E-state index in [-0.39, 0.29) is 12.3 Å². The van der Waals surface area contributed by atoms with Crippen molar-refractivity contribution < 1.29 is 14.3 Å². The maximum atomic E-state index is 12.7. The Hall–Kier alpha value is -4.19. The molecule has 1 N–H and O–H groups in total. The number of hydrogen-bond acceptors (Lipinski definition) is 4. The first-order chi connectivity index (χ1) is 16.1. The van der Waals surface area contributed by atoms with Crippen molar-refractivity contribution in [1.29, 1.82) is 0 Å². The third kappa shape index (κ3) is 5.74. The van der Waals surface area contributed by atoms with Crippen molar-refractivity contribution >= 4 is 17.6 Å². The number of nitrogens with one attached hydrogen (secondary N) is 1. The van der Waals surface area contributed by atoms with E-state index in [2.05, 4.69) is 10.4 Å². The molecule has 1 aromatic heterocycles. The summed E-state index contributed by atoms with van der Waals surface area (Å²) in [5, 5.41) is 7.21. The number of hydrogen-bond donors (Lipinski definition) is 1. The highest BCUT2D eigenvalue weighted by Gasteiger charge is 2.19. The third-order valence-corrected chi connectivity index (χ3v) is 5.22. The summed E-state index contributed by atoms with van der Waals surface area (Å²) in [4.78, 5) is 25.0. The van der Waals surface area contributed by atoms with Crippen molar-refractivity contribution in [2.75, 3.05) is 5.32 Å². The van der Waals surface area contributed by atoms with E-state index >= 15 is 0 Å². The summed E-state index contributed by atoms with van der Waals surface area (Å²) < 4.78 is 7.13. The van der Waals surface area contributed by atoms with Crippen LogP contribution < -0.4 is 5.32 Å². The lowest BCUT2D eigenvalue weighted by atomic mass is 10.0. The average molecular weight is 440 g/mol. The normalized spacial score (nSPS) is 11.5. The highest BCUT2D eigenvalue weighted by Crippen LogP contribution is 2.27. The number of aromatic nitrogens is 2. The largest absolute Gasteiger partial charge is 0.453 e. The van der Waals surface area contributed by atoms with Gasteiger partial charge in [-0.15, -0.1) is 0 Å². The number of esters is 1. The molecule has 0 fully saturated rings. The Kier molecular flexibility index (Phi) is 6.95. The van der Waals surface area contributed by atoms with Crippen molar-refractivity contribution in [3.63, 3.8) is 0 Å². The van der Waals surface area contributed by atoms with Gasteiger partial charge in [-0.2, -0.15) is 5.10 Å². The Balaban J connectivity index is 1.31. The van der Waals surface area contributed by atoms with E-state index in [4.69, 9.17) is 4.74 Å². The second kappa shape index (κ2) is 10.4. The Morgan fingerprint density at radius 3 is 2.36 bits per heavy atom. The first-order valence-electron chi connectivity index (χ1n) is 10.8. The average Bonchev–Trinajstić information content (AvgIpc) is 3.33. The van der Waals surface area contributed by atoms with Crippen LogP contribution in [0.1, 0.15) is 18.9 Å². The number of aryl methyl sites for hydroxylation is 1. The summed E-state index contributed by atoms with van der Waals surface area (Å²) in [6, 6.07) is 27.1. The Morgan fingerprint density at radius 1 is 0.939 bits per heavy atom. The number of rotatable bonds is 8. The van der Waals surface area contributed by atoms with Crippen LogP contribution in [0.5, 0.6) is 0 Å². The number of nitrogens with zero attached hydrogens (tertiary/aromatic N) is 2. The van der Waals surface area contributed by atoms with Gasteiger partial charge in [0.2, 0.25) is 0 Å². The van der Waals surface area contributed by atoms with Gasteiger partial charge in [-0.05, 0) is 42.7 Å². The van der Waals surface area contributed by atoms with Gasteiger partial charge in [-0.3, -0.25) is 9.59 Å². The SMILES string of the molecule is CC(OC(=O)CCc1cnn(-c2ccccc2)c1)C(=O)Nc1ccccc1-c1ccccc1. The van der Waals surface area contributed by atoms with Crippen LogP contribution >= 0.6 is 0 Å². The molecule has 0 saturated heterocycles. The van der Waals surface area contributed by atoms with Crippen LogP contribution in [0.2, 0.25) is 0 Å². The molecule has 4 aromatic rings. The van der Waals surface area contributed by atoms with Gasteiger partial charge in [0.1, 0.15) is 0 Å². The molecule has 0 aliphatic carbocycles. The fraction of sp³-hybridized carbons (Fsp3) is 0.148. The molecule has 1 atom stereocenters. The molecular weight excluding hydrogens is 414 g/mol. The summed E-state index contributed by atoms with van der Waals surface area (Å²) >= 11 is 0. The molecule has 0 aliphatic rings. The van der Waals surface area contributed by atoms with Gasteiger partial charge in [0, 0.05) is 23.9 Å². The summed E-state index contributed by atoms with van der Waals surface area (Å²) in [6.45, 7) is 1.58. The molecule has 166 valence electrons. The van der Waals surface area contributed by atoms with Crippen molar-refractivity contribution in [3.05, 3.63) is 103 Å². The zero-order valence-corrected chi connectivity index (χ0v) is 18.3. The minimum Gasteiger partial charge on any atom is -0.453 e. The van der Waals surface area contributed by atoms with Crippen LogP contribution in [0.3, 0.4) is 0 Å². The summed E-state index contributed by atoms with van der Waals surface area (Å²) in [5.74, 6) is -0.801. The molecule has 33 heavy (non-hydrogen) atoms. The van der Waals surface area contributed by atoms with Gasteiger partial charge in [0.25, 0.3) is 5.91 Å². The number of amides is 1.